The van der Waals surface area contributed by atoms with Crippen LogP contribution in [0, 0.1) is 0 Å². The van der Waals surface area contributed by atoms with Gasteiger partial charge in [0.2, 0.25) is 0 Å². The molecule has 4 heterocycles. The molecule has 6 aromatic carbocycles. The highest BCUT2D eigenvalue weighted by molar-refractivity contribution is 5.86. The highest BCUT2D eigenvalue weighted by atomic mass is 16.5. The van der Waals surface area contributed by atoms with Gasteiger partial charge >= 0.3 is 0 Å². The molecule has 78 heavy (non-hydrogen) atoms. The molecule has 6 N–H and O–H groups in total. The number of aromatic hydroxyl groups is 6. The van der Waals surface area contributed by atoms with E-state index in [1.54, 1.807) is 72.8 Å². The van der Waals surface area contributed by atoms with Crippen LogP contribution in [0.15, 0.2) is 110 Å². The zero-order chi connectivity index (χ0) is 55.6. The van der Waals surface area contributed by atoms with Crippen LogP contribution >= 0.6 is 0 Å². The second-order valence-electron chi connectivity index (χ2n) is 17.8. The number of ether oxygens (including phenoxy) is 6. The Morgan fingerprint density at radius 3 is 0.526 bits per heavy atom. The highest BCUT2D eigenvalue weighted by Crippen LogP contribution is 2.38. The molecule has 0 spiro atoms. The van der Waals surface area contributed by atoms with Gasteiger partial charge in [-0.2, -0.15) is 0 Å². The van der Waals surface area contributed by atoms with E-state index >= 15 is 0 Å². The van der Waals surface area contributed by atoms with Crippen LogP contribution in [0.3, 0.4) is 0 Å². The number of rotatable bonds is 18. The van der Waals surface area contributed by atoms with Gasteiger partial charge in [-0.3, -0.25) is 29.9 Å². The van der Waals surface area contributed by atoms with E-state index in [0.29, 0.717) is 113 Å². The van der Waals surface area contributed by atoms with Crippen molar-refractivity contribution in [2.75, 3.05) is 39.6 Å². The molecule has 0 aliphatic heterocycles. The summed E-state index contributed by atoms with van der Waals surface area (Å²) in [5.41, 5.74) is 1.69. The van der Waals surface area contributed by atoms with Gasteiger partial charge in [-0.05, 0) is 74.9 Å². The SMILES string of the molecule is CCCOc1cc2ncc3ccc(cnc4cc(OCCC)c(OCCC)cc4ncc4ccc(cnc5cc(OCCC)c(OCCC)cc5ncc5ccc(cnc2cc1OCCC)c(O)c5O)c(O)c4O)c(O)c3O. The topological polar surface area (TPSA) is 254 Å². The predicted octanol–water partition coefficient (Wildman–Crippen LogP) is 13.0. The molecular formula is C60H66N6O12. The standard InChI is InChI=1S/C60H66N6O12/c1-7-19-73-49-25-43-44(26-50(49)74-20-8-2)62-32-38-15-16-40(58(70)56(38)68)34-64-47-29-53(77-23-11-5)54(78-24-12-6)30-48(47)66-36-42-18-17-41(59(71)60(42)72)35-65-46-28-52(76-22-10-4)51(75-21-9-3)27-45(46)63-33-39-14-13-37(31-61-43)55(67)57(39)69/h13-18,25-36,67-72H,7-12,19-24H2,1-6H3. The van der Waals surface area contributed by atoms with Crippen molar-refractivity contribution in [3.8, 4) is 69.0 Å². The third-order valence-corrected chi connectivity index (χ3v) is 11.6. The Bertz CT molecular complexity index is 3010. The van der Waals surface area contributed by atoms with E-state index in [1.165, 1.54) is 37.2 Å². The number of hydrogen-bond acceptors (Lipinski definition) is 18. The van der Waals surface area contributed by atoms with Gasteiger partial charge in [0.25, 0.3) is 0 Å². The average Bonchev–Trinajstić information content (AvgIpc) is 3.46. The van der Waals surface area contributed by atoms with Gasteiger partial charge in [-0.1, -0.05) is 41.5 Å². The lowest BCUT2D eigenvalue weighted by molar-refractivity contribution is 0.269. The first-order valence-corrected chi connectivity index (χ1v) is 26.1. The normalized spacial score (nSPS) is 10.8. The summed E-state index contributed by atoms with van der Waals surface area (Å²) in [4.78, 5) is 28.2. The van der Waals surface area contributed by atoms with E-state index in [1.807, 2.05) is 41.5 Å². The van der Waals surface area contributed by atoms with Crippen molar-refractivity contribution >= 4 is 65.4 Å². The molecular weight excluding hydrogens is 997 g/mol. The Labute approximate surface area is 451 Å². The van der Waals surface area contributed by atoms with Gasteiger partial charge in [-0.15, -0.1) is 0 Å². The molecule has 0 radical (unpaired) electrons. The van der Waals surface area contributed by atoms with Gasteiger partial charge in [0.05, 0.1) is 72.7 Å². The molecule has 0 saturated carbocycles. The number of phenols is 6. The second kappa shape index (κ2) is 27.6. The van der Waals surface area contributed by atoms with Crippen molar-refractivity contribution in [3.63, 3.8) is 0 Å². The van der Waals surface area contributed by atoms with Gasteiger partial charge in [0.1, 0.15) is 0 Å². The summed E-state index contributed by atoms with van der Waals surface area (Å²) < 4.78 is 36.5. The Kier molecular flexibility index (Phi) is 20.1. The van der Waals surface area contributed by atoms with Crippen LogP contribution in [0.25, 0.3) is 65.4 Å². The number of hydrogen-bond donors (Lipinski definition) is 6. The van der Waals surface area contributed by atoms with Crippen LogP contribution in [-0.4, -0.2) is 100 Å². The third-order valence-electron chi connectivity index (χ3n) is 11.6. The van der Waals surface area contributed by atoms with Gasteiger partial charge in [-0.25, -0.2) is 0 Å². The molecule has 6 bridgehead atoms. The molecule has 0 aliphatic carbocycles. The monoisotopic (exact) mass is 1060 g/mol. The fraction of sp³-hybridized carbons (Fsp3) is 0.300. The van der Waals surface area contributed by atoms with Crippen LogP contribution in [0.2, 0.25) is 0 Å². The van der Waals surface area contributed by atoms with E-state index < -0.39 is 34.5 Å². The minimum atomic E-state index is -0.487. The largest absolute Gasteiger partial charge is 0.504 e. The molecule has 408 valence electrons. The van der Waals surface area contributed by atoms with Crippen molar-refractivity contribution in [2.24, 2.45) is 0 Å². The molecule has 0 atom stereocenters. The third kappa shape index (κ3) is 14.0. The van der Waals surface area contributed by atoms with Crippen LogP contribution in [0.1, 0.15) is 80.1 Å². The molecule has 18 heteroatoms. The number of benzene rings is 6. The van der Waals surface area contributed by atoms with Crippen LogP contribution in [0.4, 0.5) is 0 Å². The predicted molar refractivity (Wildman–Crippen MR) is 302 cm³/mol. The van der Waals surface area contributed by atoms with E-state index in [0.717, 1.165) is 0 Å². The summed E-state index contributed by atoms with van der Waals surface area (Å²) in [5, 5.41) is 69.3. The molecule has 4 aromatic heterocycles. The van der Waals surface area contributed by atoms with Crippen LogP contribution < -0.4 is 28.4 Å². The first-order chi connectivity index (χ1) is 37.9. The number of aromatic nitrogens is 6. The van der Waals surface area contributed by atoms with Crippen molar-refractivity contribution in [1.82, 2.24) is 29.9 Å². The minimum Gasteiger partial charge on any atom is -0.504 e. The average molecular weight is 1060 g/mol. The minimum absolute atomic E-state index is 0.150. The van der Waals surface area contributed by atoms with Gasteiger partial charge in [0, 0.05) is 106 Å². The Morgan fingerprint density at radius 1 is 0.256 bits per heavy atom. The van der Waals surface area contributed by atoms with Gasteiger partial charge < -0.3 is 59.1 Å². The van der Waals surface area contributed by atoms with Crippen molar-refractivity contribution in [3.05, 3.63) is 110 Å². The first-order valence-electron chi connectivity index (χ1n) is 26.1. The lowest BCUT2D eigenvalue weighted by atomic mass is 10.2. The number of fused-ring (bicyclic) bond motifs is 3. The van der Waals surface area contributed by atoms with Crippen LogP contribution in [0.5, 0.6) is 69.0 Å². The van der Waals surface area contributed by atoms with E-state index in [9.17, 15) is 30.6 Å². The number of nitrogens with zero attached hydrogens (tertiary/aromatic N) is 6. The maximum absolute atomic E-state index is 11.4. The zero-order valence-corrected chi connectivity index (χ0v) is 44.7. The van der Waals surface area contributed by atoms with Crippen molar-refractivity contribution in [1.29, 1.82) is 0 Å². The Hall–Kier alpha value is -9.06. The smallest absolute Gasteiger partial charge is 0.167 e. The maximum Gasteiger partial charge on any atom is 0.167 e. The molecule has 10 aromatic rings. The lowest BCUT2D eigenvalue weighted by Gasteiger charge is -2.12. The molecule has 0 amide bonds. The summed E-state index contributed by atoms with van der Waals surface area (Å²) in [6.45, 7) is 14.2. The quantitative estimate of drug-likeness (QED) is 0.0437. The summed E-state index contributed by atoms with van der Waals surface area (Å²) in [6.07, 6.45) is 12.4. The first kappa shape index (κ1) is 56.7. The van der Waals surface area contributed by atoms with E-state index in [2.05, 4.69) is 0 Å². The summed E-state index contributed by atoms with van der Waals surface area (Å²) in [6, 6.07) is 19.2. The van der Waals surface area contributed by atoms with Crippen LogP contribution in [-0.2, 0) is 0 Å². The van der Waals surface area contributed by atoms with E-state index in [4.69, 9.17) is 58.3 Å². The number of phenolic OH excluding ortho intramolecular Hbond substituents is 6. The molecule has 0 unspecified atom stereocenters. The second-order valence-corrected chi connectivity index (χ2v) is 17.8. The van der Waals surface area contributed by atoms with Crippen molar-refractivity contribution in [2.45, 2.75) is 80.1 Å². The molecule has 0 fully saturated rings. The fourth-order valence-electron chi connectivity index (χ4n) is 7.48. The molecule has 18 nitrogen and oxygen atoms in total. The zero-order valence-electron chi connectivity index (χ0n) is 44.7. The fourth-order valence-corrected chi connectivity index (χ4v) is 7.48. The Balaban J connectivity index is 1.59. The lowest BCUT2D eigenvalue weighted by Crippen LogP contribution is -2.01. The Morgan fingerprint density at radius 2 is 0.397 bits per heavy atom. The summed E-state index contributed by atoms with van der Waals surface area (Å²) in [5.74, 6) is -0.497. The van der Waals surface area contributed by atoms with Gasteiger partial charge in [0.15, 0.2) is 69.0 Å². The highest BCUT2D eigenvalue weighted by Gasteiger charge is 2.14. The van der Waals surface area contributed by atoms with E-state index in [-0.39, 0.29) is 65.4 Å². The molecule has 0 saturated heterocycles. The summed E-state index contributed by atoms with van der Waals surface area (Å²) in [7, 11) is 0. The molecule has 10 rings (SSSR count). The molecule has 0 aliphatic rings. The van der Waals surface area contributed by atoms with Crippen molar-refractivity contribution < 1.29 is 59.1 Å². The summed E-state index contributed by atoms with van der Waals surface area (Å²) >= 11 is 0. The maximum atomic E-state index is 11.4.